The number of aromatic nitrogens is 5. The number of hydrogen-bond acceptors (Lipinski definition) is 6. The summed E-state index contributed by atoms with van der Waals surface area (Å²) in [5.41, 5.74) is 0. The Bertz CT molecular complexity index is 597. The van der Waals surface area contributed by atoms with Crippen molar-refractivity contribution in [1.29, 1.82) is 0 Å². The standard InChI is InChI=1S/C13H17ClN6S/c1-21-13(5-2-3-6-13)9-15-11-17-10(14)18-12(19-11)20-8-4-7-16-20/h4,7-8H,2-3,5-6,9H2,1H3,(H,15,17,18,19). The average Bonchev–Trinajstić information content (AvgIpc) is 3.17. The van der Waals surface area contributed by atoms with Crippen LogP contribution in [-0.4, -0.2) is 42.3 Å². The summed E-state index contributed by atoms with van der Waals surface area (Å²) in [4.78, 5) is 12.6. The Morgan fingerprint density at radius 2 is 2.14 bits per heavy atom. The first-order valence-corrected chi connectivity index (χ1v) is 8.52. The van der Waals surface area contributed by atoms with Crippen molar-refractivity contribution in [2.24, 2.45) is 0 Å². The fraction of sp³-hybridized carbons (Fsp3) is 0.538. The van der Waals surface area contributed by atoms with Gasteiger partial charge in [-0.1, -0.05) is 12.8 Å². The number of halogens is 1. The highest BCUT2D eigenvalue weighted by Gasteiger charge is 2.32. The van der Waals surface area contributed by atoms with E-state index >= 15 is 0 Å². The smallest absolute Gasteiger partial charge is 0.256 e. The third kappa shape index (κ3) is 3.29. The lowest BCUT2D eigenvalue weighted by molar-refractivity contribution is 0.636. The molecule has 2 heterocycles. The number of rotatable bonds is 5. The van der Waals surface area contributed by atoms with Crippen molar-refractivity contribution in [3.8, 4) is 5.95 Å². The van der Waals surface area contributed by atoms with Gasteiger partial charge in [-0.2, -0.15) is 31.8 Å². The Morgan fingerprint density at radius 1 is 1.33 bits per heavy atom. The third-order valence-corrected chi connectivity index (χ3v) is 5.41. The molecule has 112 valence electrons. The molecule has 0 aliphatic heterocycles. The second kappa shape index (κ2) is 6.19. The van der Waals surface area contributed by atoms with E-state index in [-0.39, 0.29) is 10.0 Å². The van der Waals surface area contributed by atoms with Gasteiger partial charge in [0.05, 0.1) is 0 Å². The molecule has 0 spiro atoms. The van der Waals surface area contributed by atoms with Crippen LogP contribution in [0.4, 0.5) is 5.95 Å². The van der Waals surface area contributed by atoms with Gasteiger partial charge in [-0.25, -0.2) is 4.68 Å². The van der Waals surface area contributed by atoms with Gasteiger partial charge in [0.2, 0.25) is 11.2 Å². The molecule has 1 aliphatic carbocycles. The van der Waals surface area contributed by atoms with Crippen molar-refractivity contribution >= 4 is 29.3 Å². The highest BCUT2D eigenvalue weighted by molar-refractivity contribution is 8.00. The Hall–Kier alpha value is -1.34. The number of nitrogens with zero attached hydrogens (tertiary/aromatic N) is 5. The molecule has 1 fully saturated rings. The van der Waals surface area contributed by atoms with E-state index in [0.29, 0.717) is 11.9 Å². The molecule has 0 saturated heterocycles. The van der Waals surface area contributed by atoms with E-state index in [9.17, 15) is 0 Å². The molecule has 2 aromatic rings. The Labute approximate surface area is 132 Å². The summed E-state index contributed by atoms with van der Waals surface area (Å²) in [7, 11) is 0. The number of nitrogens with one attached hydrogen (secondary N) is 1. The van der Waals surface area contributed by atoms with Crippen LogP contribution in [-0.2, 0) is 0 Å². The monoisotopic (exact) mass is 324 g/mol. The van der Waals surface area contributed by atoms with Gasteiger partial charge in [0.1, 0.15) is 0 Å². The van der Waals surface area contributed by atoms with E-state index in [2.05, 4.69) is 31.6 Å². The van der Waals surface area contributed by atoms with Crippen LogP contribution in [0, 0.1) is 0 Å². The minimum atomic E-state index is 0.169. The first-order chi connectivity index (χ1) is 10.2. The van der Waals surface area contributed by atoms with Crippen LogP contribution >= 0.6 is 23.4 Å². The number of anilines is 1. The normalized spacial score (nSPS) is 17.0. The van der Waals surface area contributed by atoms with Crippen LogP contribution < -0.4 is 5.32 Å². The van der Waals surface area contributed by atoms with Crippen LogP contribution in [0.1, 0.15) is 25.7 Å². The quantitative estimate of drug-likeness (QED) is 0.912. The average molecular weight is 325 g/mol. The fourth-order valence-electron chi connectivity index (χ4n) is 2.62. The lowest BCUT2D eigenvalue weighted by Gasteiger charge is -2.26. The highest BCUT2D eigenvalue weighted by Crippen LogP contribution is 2.40. The molecular weight excluding hydrogens is 308 g/mol. The van der Waals surface area contributed by atoms with Gasteiger partial charge >= 0.3 is 0 Å². The van der Waals surface area contributed by atoms with Gasteiger partial charge < -0.3 is 5.32 Å². The van der Waals surface area contributed by atoms with Crippen molar-refractivity contribution in [2.75, 3.05) is 18.1 Å². The van der Waals surface area contributed by atoms with Crippen LogP contribution in [0.5, 0.6) is 0 Å². The molecule has 0 atom stereocenters. The molecule has 1 aliphatic rings. The number of hydrogen-bond donors (Lipinski definition) is 1. The summed E-state index contributed by atoms with van der Waals surface area (Å²) in [6.07, 6.45) is 10.7. The molecule has 1 N–H and O–H groups in total. The van der Waals surface area contributed by atoms with Gasteiger partial charge in [-0.3, -0.25) is 0 Å². The summed E-state index contributed by atoms with van der Waals surface area (Å²) in [6.45, 7) is 0.840. The topological polar surface area (TPSA) is 68.5 Å². The molecule has 21 heavy (non-hydrogen) atoms. The van der Waals surface area contributed by atoms with E-state index in [0.717, 1.165) is 6.54 Å². The van der Waals surface area contributed by atoms with Crippen molar-refractivity contribution in [3.63, 3.8) is 0 Å². The zero-order valence-corrected chi connectivity index (χ0v) is 13.4. The molecule has 0 radical (unpaired) electrons. The predicted molar refractivity (Wildman–Crippen MR) is 85.2 cm³/mol. The molecule has 3 rings (SSSR count). The van der Waals surface area contributed by atoms with Crippen LogP contribution in [0.15, 0.2) is 18.5 Å². The van der Waals surface area contributed by atoms with Gasteiger partial charge in [0.15, 0.2) is 0 Å². The fourth-order valence-corrected chi connectivity index (χ4v) is 3.69. The van der Waals surface area contributed by atoms with Crippen LogP contribution in [0.3, 0.4) is 0 Å². The minimum absolute atomic E-state index is 0.169. The second-order valence-electron chi connectivity index (χ2n) is 5.13. The summed E-state index contributed by atoms with van der Waals surface area (Å²) < 4.78 is 1.85. The van der Waals surface area contributed by atoms with E-state index < -0.39 is 0 Å². The number of thioether (sulfide) groups is 1. The molecule has 0 bridgehead atoms. The maximum absolute atomic E-state index is 5.98. The molecular formula is C13H17ClN6S. The van der Waals surface area contributed by atoms with Crippen molar-refractivity contribution in [2.45, 2.75) is 30.4 Å². The molecule has 6 nitrogen and oxygen atoms in total. The molecule has 0 aromatic carbocycles. The largest absolute Gasteiger partial charge is 0.353 e. The minimum Gasteiger partial charge on any atom is -0.353 e. The lowest BCUT2D eigenvalue weighted by Crippen LogP contribution is -2.30. The van der Waals surface area contributed by atoms with E-state index in [1.54, 1.807) is 17.1 Å². The van der Waals surface area contributed by atoms with Gasteiger partial charge in [-0.15, -0.1) is 0 Å². The Morgan fingerprint density at radius 3 is 2.81 bits per heavy atom. The molecule has 0 amide bonds. The Balaban J connectivity index is 1.76. The zero-order chi connectivity index (χ0) is 14.7. The molecule has 0 unspecified atom stereocenters. The summed E-state index contributed by atoms with van der Waals surface area (Å²) in [5, 5.41) is 7.59. The first-order valence-electron chi connectivity index (χ1n) is 6.91. The van der Waals surface area contributed by atoms with Gasteiger partial charge in [0, 0.05) is 23.7 Å². The van der Waals surface area contributed by atoms with Gasteiger partial charge in [-0.05, 0) is 36.8 Å². The summed E-state index contributed by atoms with van der Waals surface area (Å²) in [5.74, 6) is 0.924. The first kappa shape index (κ1) is 14.6. The van der Waals surface area contributed by atoms with Crippen molar-refractivity contribution in [1.82, 2.24) is 24.7 Å². The second-order valence-corrected chi connectivity index (χ2v) is 6.74. The summed E-state index contributed by atoms with van der Waals surface area (Å²) >= 11 is 7.90. The van der Waals surface area contributed by atoms with Gasteiger partial charge in [0.25, 0.3) is 5.95 Å². The molecule has 8 heteroatoms. The molecule has 2 aromatic heterocycles. The SMILES string of the molecule is CSC1(CNc2nc(Cl)nc(-n3cccn3)n2)CCCC1. The highest BCUT2D eigenvalue weighted by atomic mass is 35.5. The van der Waals surface area contributed by atoms with E-state index in [1.165, 1.54) is 25.7 Å². The third-order valence-electron chi connectivity index (χ3n) is 3.82. The van der Waals surface area contributed by atoms with Crippen LogP contribution in [0.2, 0.25) is 5.28 Å². The molecule has 1 saturated carbocycles. The van der Waals surface area contributed by atoms with E-state index in [4.69, 9.17) is 11.6 Å². The maximum Gasteiger partial charge on any atom is 0.256 e. The zero-order valence-electron chi connectivity index (χ0n) is 11.8. The van der Waals surface area contributed by atoms with E-state index in [1.807, 2.05) is 17.8 Å². The lowest BCUT2D eigenvalue weighted by atomic mass is 10.1. The predicted octanol–water partition coefficient (Wildman–Crippen LogP) is 2.80. The maximum atomic E-state index is 5.98. The van der Waals surface area contributed by atoms with Crippen molar-refractivity contribution < 1.29 is 0 Å². The Kier molecular flexibility index (Phi) is 4.30. The van der Waals surface area contributed by atoms with Crippen LogP contribution in [0.25, 0.3) is 5.95 Å². The summed E-state index contributed by atoms with van der Waals surface area (Å²) in [6, 6.07) is 1.81. The van der Waals surface area contributed by atoms with Crippen molar-refractivity contribution in [3.05, 3.63) is 23.7 Å².